The monoisotopic (exact) mass is 171 g/mol. The van der Waals surface area contributed by atoms with E-state index in [4.69, 9.17) is 5.11 Å². The van der Waals surface area contributed by atoms with E-state index in [0.29, 0.717) is 6.42 Å². The van der Waals surface area contributed by atoms with Crippen LogP contribution in [0.3, 0.4) is 0 Å². The van der Waals surface area contributed by atoms with Gasteiger partial charge >= 0.3 is 0 Å². The number of aromatic nitrogens is 1. The number of hydrogen-bond acceptors (Lipinski definition) is 3. The molecular formula is C8H13NOS. The van der Waals surface area contributed by atoms with E-state index >= 15 is 0 Å². The number of rotatable bonds is 3. The van der Waals surface area contributed by atoms with Gasteiger partial charge in [-0.25, -0.2) is 4.98 Å². The first-order chi connectivity index (χ1) is 5.22. The Bertz CT molecular complexity index is 220. The van der Waals surface area contributed by atoms with Gasteiger partial charge in [-0.2, -0.15) is 0 Å². The first-order valence-electron chi connectivity index (χ1n) is 3.83. The number of aliphatic hydroxyl groups excluding tert-OH is 1. The second-order valence-electron chi connectivity index (χ2n) is 2.64. The van der Waals surface area contributed by atoms with Gasteiger partial charge in [0.05, 0.1) is 16.8 Å². The number of aryl methyl sites for hydroxylation is 1. The number of aliphatic hydroxyl groups is 1. The maximum Gasteiger partial charge on any atom is 0.0953 e. The summed E-state index contributed by atoms with van der Waals surface area (Å²) in [6.45, 7) is 3.87. The van der Waals surface area contributed by atoms with E-state index < -0.39 is 0 Å². The third kappa shape index (κ3) is 2.60. The topological polar surface area (TPSA) is 33.1 Å². The van der Waals surface area contributed by atoms with Gasteiger partial charge in [0, 0.05) is 11.8 Å². The van der Waals surface area contributed by atoms with Gasteiger partial charge in [0.2, 0.25) is 0 Å². The van der Waals surface area contributed by atoms with Gasteiger partial charge in [-0.05, 0) is 13.3 Å². The largest absolute Gasteiger partial charge is 0.393 e. The Kier molecular flexibility index (Phi) is 3.02. The van der Waals surface area contributed by atoms with Crippen LogP contribution in [0.1, 0.15) is 24.5 Å². The lowest BCUT2D eigenvalue weighted by Gasteiger charge is -1.97. The summed E-state index contributed by atoms with van der Waals surface area (Å²) in [5, 5.41) is 12.1. The maximum absolute atomic E-state index is 9.05. The molecule has 0 saturated carbocycles. The zero-order chi connectivity index (χ0) is 8.27. The standard InChI is InChI=1S/C8H13NOS/c1-3-7-5-11-8(9-7)4-6(2)10/h5-6,10H,3-4H2,1-2H3. The molecule has 0 fully saturated rings. The molecular weight excluding hydrogens is 158 g/mol. The van der Waals surface area contributed by atoms with E-state index in [0.717, 1.165) is 17.1 Å². The van der Waals surface area contributed by atoms with Crippen molar-refractivity contribution in [3.8, 4) is 0 Å². The Hall–Kier alpha value is -0.410. The summed E-state index contributed by atoms with van der Waals surface area (Å²) in [5.41, 5.74) is 1.13. The van der Waals surface area contributed by atoms with Crippen LogP contribution >= 0.6 is 11.3 Å². The average Bonchev–Trinajstić information content (AvgIpc) is 2.34. The molecule has 0 aliphatic rings. The van der Waals surface area contributed by atoms with Crippen molar-refractivity contribution in [2.45, 2.75) is 32.8 Å². The molecule has 1 unspecified atom stereocenters. The van der Waals surface area contributed by atoms with Gasteiger partial charge in [0.1, 0.15) is 0 Å². The van der Waals surface area contributed by atoms with Crippen LogP contribution in [0, 0.1) is 0 Å². The molecule has 0 spiro atoms. The summed E-state index contributed by atoms with van der Waals surface area (Å²) >= 11 is 1.63. The lowest BCUT2D eigenvalue weighted by molar-refractivity contribution is 0.195. The summed E-state index contributed by atoms with van der Waals surface area (Å²) < 4.78 is 0. The molecule has 1 atom stereocenters. The molecule has 0 aliphatic heterocycles. The predicted octanol–water partition coefficient (Wildman–Crippen LogP) is 1.63. The number of thiazole rings is 1. The first-order valence-corrected chi connectivity index (χ1v) is 4.71. The summed E-state index contributed by atoms with van der Waals surface area (Å²) in [5.74, 6) is 0. The Morgan fingerprint density at radius 1 is 1.73 bits per heavy atom. The summed E-state index contributed by atoms with van der Waals surface area (Å²) in [4.78, 5) is 4.33. The first kappa shape index (κ1) is 8.68. The second kappa shape index (κ2) is 3.83. The molecule has 1 rings (SSSR count). The molecule has 0 radical (unpaired) electrons. The van der Waals surface area contributed by atoms with Gasteiger partial charge in [0.25, 0.3) is 0 Å². The van der Waals surface area contributed by atoms with Crippen LogP contribution in [-0.2, 0) is 12.8 Å². The molecule has 0 saturated heterocycles. The fourth-order valence-corrected chi connectivity index (χ4v) is 1.86. The van der Waals surface area contributed by atoms with Crippen LogP contribution in [0.4, 0.5) is 0 Å². The molecule has 0 amide bonds. The van der Waals surface area contributed by atoms with Gasteiger partial charge in [-0.3, -0.25) is 0 Å². The van der Waals surface area contributed by atoms with E-state index in [1.165, 1.54) is 0 Å². The van der Waals surface area contributed by atoms with Crippen LogP contribution in [-0.4, -0.2) is 16.2 Å². The molecule has 3 heteroatoms. The number of hydrogen-bond donors (Lipinski definition) is 1. The molecule has 1 aromatic rings. The smallest absolute Gasteiger partial charge is 0.0953 e. The average molecular weight is 171 g/mol. The van der Waals surface area contributed by atoms with Crippen LogP contribution in [0.2, 0.25) is 0 Å². The normalized spacial score (nSPS) is 13.4. The van der Waals surface area contributed by atoms with E-state index in [1.54, 1.807) is 18.3 Å². The zero-order valence-corrected chi connectivity index (χ0v) is 7.69. The Morgan fingerprint density at radius 2 is 2.45 bits per heavy atom. The highest BCUT2D eigenvalue weighted by Crippen LogP contribution is 2.11. The van der Waals surface area contributed by atoms with Gasteiger partial charge in [-0.15, -0.1) is 11.3 Å². The minimum Gasteiger partial charge on any atom is -0.393 e. The van der Waals surface area contributed by atoms with Crippen molar-refractivity contribution in [2.75, 3.05) is 0 Å². The molecule has 0 aliphatic carbocycles. The van der Waals surface area contributed by atoms with Crippen LogP contribution in [0.15, 0.2) is 5.38 Å². The van der Waals surface area contributed by atoms with Crippen molar-refractivity contribution >= 4 is 11.3 Å². The molecule has 1 N–H and O–H groups in total. The van der Waals surface area contributed by atoms with Gasteiger partial charge in [-0.1, -0.05) is 6.92 Å². The van der Waals surface area contributed by atoms with Crippen molar-refractivity contribution in [1.82, 2.24) is 4.98 Å². The summed E-state index contributed by atoms with van der Waals surface area (Å²) in [6.07, 6.45) is 1.40. The van der Waals surface area contributed by atoms with Crippen molar-refractivity contribution in [2.24, 2.45) is 0 Å². The summed E-state index contributed by atoms with van der Waals surface area (Å²) in [7, 11) is 0. The van der Waals surface area contributed by atoms with E-state index in [9.17, 15) is 0 Å². The van der Waals surface area contributed by atoms with Crippen molar-refractivity contribution < 1.29 is 5.11 Å². The van der Waals surface area contributed by atoms with Crippen LogP contribution in [0.5, 0.6) is 0 Å². The second-order valence-corrected chi connectivity index (χ2v) is 3.58. The fraction of sp³-hybridized carbons (Fsp3) is 0.625. The highest BCUT2D eigenvalue weighted by atomic mass is 32.1. The fourth-order valence-electron chi connectivity index (χ4n) is 0.858. The summed E-state index contributed by atoms with van der Waals surface area (Å²) in [6, 6.07) is 0. The zero-order valence-electron chi connectivity index (χ0n) is 6.87. The van der Waals surface area contributed by atoms with Gasteiger partial charge < -0.3 is 5.11 Å². The van der Waals surface area contributed by atoms with Crippen molar-refractivity contribution in [1.29, 1.82) is 0 Å². The molecule has 1 aromatic heterocycles. The number of nitrogens with zero attached hydrogens (tertiary/aromatic N) is 1. The third-order valence-electron chi connectivity index (χ3n) is 1.43. The Balaban J connectivity index is 2.58. The Labute approximate surface area is 70.9 Å². The highest BCUT2D eigenvalue weighted by Gasteiger charge is 2.03. The predicted molar refractivity (Wildman–Crippen MR) is 46.9 cm³/mol. The minimum absolute atomic E-state index is 0.272. The molecule has 0 aromatic carbocycles. The van der Waals surface area contributed by atoms with Gasteiger partial charge in [0.15, 0.2) is 0 Å². The minimum atomic E-state index is -0.272. The van der Waals surface area contributed by atoms with E-state index in [1.807, 2.05) is 0 Å². The Morgan fingerprint density at radius 3 is 2.91 bits per heavy atom. The van der Waals surface area contributed by atoms with Crippen LogP contribution in [0.25, 0.3) is 0 Å². The highest BCUT2D eigenvalue weighted by molar-refractivity contribution is 7.09. The lowest BCUT2D eigenvalue weighted by Crippen LogP contribution is -2.03. The molecule has 11 heavy (non-hydrogen) atoms. The molecule has 2 nitrogen and oxygen atoms in total. The van der Waals surface area contributed by atoms with E-state index in [-0.39, 0.29) is 6.10 Å². The van der Waals surface area contributed by atoms with E-state index in [2.05, 4.69) is 17.3 Å². The maximum atomic E-state index is 9.05. The molecule has 62 valence electrons. The third-order valence-corrected chi connectivity index (χ3v) is 2.35. The molecule has 0 bridgehead atoms. The van der Waals surface area contributed by atoms with Crippen molar-refractivity contribution in [3.05, 3.63) is 16.1 Å². The van der Waals surface area contributed by atoms with Crippen LogP contribution < -0.4 is 0 Å². The quantitative estimate of drug-likeness (QED) is 0.749. The lowest BCUT2D eigenvalue weighted by atomic mass is 10.3. The van der Waals surface area contributed by atoms with Crippen molar-refractivity contribution in [3.63, 3.8) is 0 Å². The SMILES string of the molecule is CCc1csc(CC(C)O)n1. The molecule has 1 heterocycles.